The molecule has 126 valence electrons. The first kappa shape index (κ1) is 16.8. The first-order valence-corrected chi connectivity index (χ1v) is 9.07. The van der Waals surface area contributed by atoms with Crippen LogP contribution in [0.25, 0.3) is 10.9 Å². The molecule has 0 bridgehead atoms. The van der Waals surface area contributed by atoms with Crippen LogP contribution in [0.4, 0.5) is 0 Å². The van der Waals surface area contributed by atoms with E-state index in [2.05, 4.69) is 37.0 Å². The second-order valence-electron chi connectivity index (χ2n) is 7.13. The van der Waals surface area contributed by atoms with Crippen molar-refractivity contribution in [3.8, 4) is 0 Å². The quantitative estimate of drug-likeness (QED) is 0.544. The molecule has 0 spiro atoms. The van der Waals surface area contributed by atoms with E-state index in [4.69, 9.17) is 0 Å². The molecule has 24 heavy (non-hydrogen) atoms. The van der Waals surface area contributed by atoms with Crippen molar-refractivity contribution in [2.45, 2.75) is 46.0 Å². The second-order valence-corrected chi connectivity index (χ2v) is 7.13. The number of hydrogen-bond acceptors (Lipinski definition) is 1. The number of hydrogen-bond donors (Lipinski definition) is 1. The number of benzene rings is 1. The molecule has 1 N–H and O–H groups in total. The highest BCUT2D eigenvalue weighted by Gasteiger charge is 2.17. The maximum atomic E-state index is 12.4. The van der Waals surface area contributed by atoms with E-state index in [-0.39, 0.29) is 5.78 Å². The van der Waals surface area contributed by atoms with Crippen LogP contribution in [0.15, 0.2) is 54.3 Å². The minimum Gasteiger partial charge on any atom is -0.361 e. The fraction of sp³-hybridized carbons (Fsp3) is 0.409. The average Bonchev–Trinajstić information content (AvgIpc) is 2.98. The van der Waals surface area contributed by atoms with Crippen LogP contribution in [0.1, 0.15) is 45.1 Å². The van der Waals surface area contributed by atoms with Gasteiger partial charge in [-0.2, -0.15) is 0 Å². The minimum atomic E-state index is 0.198. The lowest BCUT2D eigenvalue weighted by atomic mass is 9.82. The zero-order chi connectivity index (χ0) is 16.9. The number of aromatic amines is 1. The lowest BCUT2D eigenvalue weighted by Gasteiger charge is -2.23. The summed E-state index contributed by atoms with van der Waals surface area (Å²) in [5.74, 6) is 1.61. The van der Waals surface area contributed by atoms with Crippen molar-refractivity contribution in [1.29, 1.82) is 0 Å². The first-order chi connectivity index (χ1) is 11.7. The van der Waals surface area contributed by atoms with Gasteiger partial charge in [-0.15, -0.1) is 0 Å². The topological polar surface area (TPSA) is 32.9 Å². The molecule has 2 aromatic rings. The van der Waals surface area contributed by atoms with Crippen LogP contribution in [0.5, 0.6) is 0 Å². The highest BCUT2D eigenvalue weighted by molar-refractivity contribution is 5.95. The van der Waals surface area contributed by atoms with Gasteiger partial charge in [0, 0.05) is 23.5 Å². The number of ketones is 1. The average molecular weight is 321 g/mol. The van der Waals surface area contributed by atoms with Gasteiger partial charge in [0.2, 0.25) is 0 Å². The molecule has 1 aromatic heterocycles. The van der Waals surface area contributed by atoms with E-state index in [0.29, 0.717) is 12.3 Å². The number of para-hydroxylation sites is 1. The Morgan fingerprint density at radius 3 is 3.00 bits per heavy atom. The highest BCUT2D eigenvalue weighted by atomic mass is 16.1. The molecule has 2 nitrogen and oxygen atoms in total. The summed E-state index contributed by atoms with van der Waals surface area (Å²) >= 11 is 0. The van der Waals surface area contributed by atoms with Gasteiger partial charge in [0.1, 0.15) is 0 Å². The summed E-state index contributed by atoms with van der Waals surface area (Å²) in [6.07, 6.45) is 13.7. The van der Waals surface area contributed by atoms with Crippen LogP contribution in [-0.4, -0.2) is 10.8 Å². The third-order valence-corrected chi connectivity index (χ3v) is 5.12. The van der Waals surface area contributed by atoms with Crippen molar-refractivity contribution >= 4 is 16.7 Å². The molecule has 0 radical (unpaired) electrons. The Labute approximate surface area is 144 Å². The Balaban J connectivity index is 1.62. The fourth-order valence-electron chi connectivity index (χ4n) is 3.82. The number of H-pyrrole nitrogens is 1. The molecule has 2 unspecified atom stereocenters. The normalized spacial score (nSPS) is 21.3. The molecular weight excluding hydrogens is 294 g/mol. The predicted molar refractivity (Wildman–Crippen MR) is 101 cm³/mol. The van der Waals surface area contributed by atoms with E-state index in [1.165, 1.54) is 24.8 Å². The Morgan fingerprint density at radius 2 is 2.17 bits per heavy atom. The number of fused-ring (bicyclic) bond motifs is 1. The molecular formula is C22H27NO. The lowest BCUT2D eigenvalue weighted by Crippen LogP contribution is -2.11. The van der Waals surface area contributed by atoms with Crippen molar-refractivity contribution in [3.05, 3.63) is 59.8 Å². The predicted octanol–water partition coefficient (Wildman–Crippen LogP) is 5.61. The van der Waals surface area contributed by atoms with E-state index in [9.17, 15) is 4.79 Å². The molecule has 2 heteroatoms. The fourth-order valence-corrected chi connectivity index (χ4v) is 3.82. The molecule has 1 aliphatic carbocycles. The van der Waals surface area contributed by atoms with Crippen LogP contribution < -0.4 is 0 Å². The summed E-state index contributed by atoms with van der Waals surface area (Å²) in [5.41, 5.74) is 3.38. The summed E-state index contributed by atoms with van der Waals surface area (Å²) in [4.78, 5) is 15.7. The van der Waals surface area contributed by atoms with Gasteiger partial charge in [-0.05, 0) is 55.7 Å². The molecule has 0 saturated carbocycles. The number of allylic oxidation sites excluding steroid dienone is 4. The highest BCUT2D eigenvalue weighted by Crippen LogP contribution is 2.29. The third kappa shape index (κ3) is 4.05. The minimum absolute atomic E-state index is 0.198. The van der Waals surface area contributed by atoms with Crippen LogP contribution in [0.2, 0.25) is 0 Å². The van der Waals surface area contributed by atoms with E-state index in [1.54, 1.807) is 0 Å². The monoisotopic (exact) mass is 321 g/mol. The molecule has 2 atom stereocenters. The van der Waals surface area contributed by atoms with E-state index < -0.39 is 0 Å². The van der Waals surface area contributed by atoms with Crippen LogP contribution in [-0.2, 0) is 11.2 Å². The standard InChI is InChI=1S/C22H27NO/c1-3-17-7-6-8-18(13-17)11-16(2)12-20(24)14-19-15-23-22-10-5-4-9-21(19)22/h4-6,8-10,12,15,17-18,23H,3,7,11,13-14H2,1-2H3. The van der Waals surface area contributed by atoms with E-state index in [1.807, 2.05) is 30.5 Å². The van der Waals surface area contributed by atoms with Crippen molar-refractivity contribution < 1.29 is 4.79 Å². The molecule has 1 aliphatic rings. The lowest BCUT2D eigenvalue weighted by molar-refractivity contribution is -0.114. The van der Waals surface area contributed by atoms with Crippen LogP contribution in [0.3, 0.4) is 0 Å². The number of aromatic nitrogens is 1. The van der Waals surface area contributed by atoms with Crippen LogP contribution in [0, 0.1) is 11.8 Å². The SMILES string of the molecule is CCC1CC=CC(CC(C)=CC(=O)Cc2c[nH]c3ccccc23)C1. The van der Waals surface area contributed by atoms with Gasteiger partial charge in [0.05, 0.1) is 0 Å². The Hall–Kier alpha value is -2.09. The van der Waals surface area contributed by atoms with Gasteiger partial charge in [0.25, 0.3) is 0 Å². The van der Waals surface area contributed by atoms with Crippen molar-refractivity contribution in [2.24, 2.45) is 11.8 Å². The van der Waals surface area contributed by atoms with Gasteiger partial charge in [-0.1, -0.05) is 49.3 Å². The van der Waals surface area contributed by atoms with E-state index in [0.717, 1.165) is 28.8 Å². The summed E-state index contributed by atoms with van der Waals surface area (Å²) in [5, 5.41) is 1.15. The summed E-state index contributed by atoms with van der Waals surface area (Å²) < 4.78 is 0. The smallest absolute Gasteiger partial charge is 0.160 e. The molecule has 0 saturated heterocycles. The second kappa shape index (κ2) is 7.65. The molecule has 0 fully saturated rings. The number of carbonyl (C=O) groups is 1. The number of nitrogens with one attached hydrogen (secondary N) is 1. The first-order valence-electron chi connectivity index (χ1n) is 9.07. The Morgan fingerprint density at radius 1 is 1.33 bits per heavy atom. The largest absolute Gasteiger partial charge is 0.361 e. The van der Waals surface area contributed by atoms with Gasteiger partial charge in [-0.25, -0.2) is 0 Å². The molecule has 0 amide bonds. The van der Waals surface area contributed by atoms with Crippen molar-refractivity contribution in [2.75, 3.05) is 0 Å². The van der Waals surface area contributed by atoms with Crippen molar-refractivity contribution in [1.82, 2.24) is 4.98 Å². The van der Waals surface area contributed by atoms with Gasteiger partial charge in [-0.3, -0.25) is 4.79 Å². The summed E-state index contributed by atoms with van der Waals surface area (Å²) in [6.45, 7) is 4.37. The molecule has 0 aliphatic heterocycles. The Kier molecular flexibility index (Phi) is 5.34. The van der Waals surface area contributed by atoms with Crippen LogP contribution >= 0.6 is 0 Å². The molecule has 3 rings (SSSR count). The number of carbonyl (C=O) groups excluding carboxylic acids is 1. The zero-order valence-electron chi connectivity index (χ0n) is 14.7. The molecule has 1 aromatic carbocycles. The Bertz CT molecular complexity index is 765. The third-order valence-electron chi connectivity index (χ3n) is 5.12. The maximum absolute atomic E-state index is 12.4. The maximum Gasteiger partial charge on any atom is 0.160 e. The van der Waals surface area contributed by atoms with Gasteiger partial charge < -0.3 is 4.98 Å². The van der Waals surface area contributed by atoms with E-state index >= 15 is 0 Å². The number of rotatable bonds is 6. The van der Waals surface area contributed by atoms with Crippen molar-refractivity contribution in [3.63, 3.8) is 0 Å². The summed E-state index contributed by atoms with van der Waals surface area (Å²) in [7, 11) is 0. The summed E-state index contributed by atoms with van der Waals surface area (Å²) in [6, 6.07) is 8.15. The zero-order valence-corrected chi connectivity index (χ0v) is 14.7. The van der Waals surface area contributed by atoms with Gasteiger partial charge in [0.15, 0.2) is 5.78 Å². The molecule has 1 heterocycles. The van der Waals surface area contributed by atoms with Gasteiger partial charge >= 0.3 is 0 Å².